The molecule has 0 bridgehead atoms. The lowest BCUT2D eigenvalue weighted by Gasteiger charge is -2.30. The number of morpholine rings is 1. The van der Waals surface area contributed by atoms with E-state index in [4.69, 9.17) is 9.57 Å². The lowest BCUT2D eigenvalue weighted by molar-refractivity contribution is -0.201. The van der Waals surface area contributed by atoms with Gasteiger partial charge in [0.25, 0.3) is 11.8 Å². The average molecular weight is 610 g/mol. The SMILES string of the molecule is C#C.C=C.CCCCCC.O=C(ON1C(=O)CCC1=O)C1CCC(CN2C(=O)CC(SC3CN[C@H](O)CO3)C2=O)CC1. The first-order valence-corrected chi connectivity index (χ1v) is 15.6. The number of hydrogen-bond acceptors (Lipinski definition) is 10. The van der Waals surface area contributed by atoms with Gasteiger partial charge in [0, 0.05) is 32.4 Å². The molecule has 2 N–H and O–H groups in total. The lowest BCUT2D eigenvalue weighted by Crippen LogP contribution is -2.46. The maximum atomic E-state index is 12.8. The normalized spacial score (nSPS) is 27.2. The molecule has 4 rings (SSSR count). The van der Waals surface area contributed by atoms with Crippen LogP contribution in [0.1, 0.15) is 84.5 Å². The second-order valence-corrected chi connectivity index (χ2v) is 11.6. The summed E-state index contributed by atoms with van der Waals surface area (Å²) >= 11 is 1.30. The van der Waals surface area contributed by atoms with Crippen LogP contribution in [0.15, 0.2) is 13.2 Å². The Hall–Kier alpha value is -2.72. The fourth-order valence-corrected chi connectivity index (χ4v) is 6.13. The molecule has 3 atom stereocenters. The Morgan fingerprint density at radius 1 is 1.02 bits per heavy atom. The molecule has 1 saturated carbocycles. The monoisotopic (exact) mass is 609 g/mol. The van der Waals surface area contributed by atoms with E-state index in [1.165, 1.54) is 42.3 Å². The molecule has 0 aromatic carbocycles. The highest BCUT2D eigenvalue weighted by molar-refractivity contribution is 8.01. The summed E-state index contributed by atoms with van der Waals surface area (Å²) < 4.78 is 5.49. The number of amides is 4. The highest BCUT2D eigenvalue weighted by atomic mass is 32.2. The van der Waals surface area contributed by atoms with Crippen molar-refractivity contribution in [2.45, 2.75) is 101 Å². The van der Waals surface area contributed by atoms with Crippen molar-refractivity contribution in [1.29, 1.82) is 0 Å². The van der Waals surface area contributed by atoms with Gasteiger partial charge in [0.1, 0.15) is 11.7 Å². The van der Waals surface area contributed by atoms with Crippen molar-refractivity contribution in [3.05, 3.63) is 13.2 Å². The average Bonchev–Trinajstić information content (AvgIpc) is 3.47. The van der Waals surface area contributed by atoms with Gasteiger partial charge >= 0.3 is 5.97 Å². The maximum absolute atomic E-state index is 12.8. The summed E-state index contributed by atoms with van der Waals surface area (Å²) in [6.45, 7) is 11.3. The number of carbonyl (C=O) groups excluding carboxylic acids is 5. The van der Waals surface area contributed by atoms with Crippen LogP contribution in [-0.4, -0.2) is 81.3 Å². The number of unbranched alkanes of at least 4 members (excludes halogenated alkanes) is 3. The van der Waals surface area contributed by atoms with Gasteiger partial charge in [0.15, 0.2) is 0 Å². The molecule has 4 aliphatic rings. The molecule has 3 saturated heterocycles. The summed E-state index contributed by atoms with van der Waals surface area (Å²) in [5.74, 6) is -2.32. The highest BCUT2D eigenvalue weighted by Crippen LogP contribution is 2.34. The fourth-order valence-electron chi connectivity index (χ4n) is 4.93. The van der Waals surface area contributed by atoms with Crippen LogP contribution in [0.25, 0.3) is 0 Å². The quantitative estimate of drug-likeness (QED) is 0.173. The molecule has 4 fully saturated rings. The largest absolute Gasteiger partial charge is 0.376 e. The highest BCUT2D eigenvalue weighted by Gasteiger charge is 2.42. The van der Waals surface area contributed by atoms with Gasteiger partial charge in [-0.2, -0.15) is 0 Å². The van der Waals surface area contributed by atoms with E-state index in [-0.39, 0.29) is 49.0 Å². The number of hydrogen-bond donors (Lipinski definition) is 2. The molecule has 42 heavy (non-hydrogen) atoms. The van der Waals surface area contributed by atoms with E-state index in [0.29, 0.717) is 43.8 Å². The zero-order chi connectivity index (χ0) is 31.7. The van der Waals surface area contributed by atoms with Crippen LogP contribution in [0.4, 0.5) is 0 Å². The number of nitrogens with zero attached hydrogens (tertiary/aromatic N) is 2. The number of imide groups is 2. The van der Waals surface area contributed by atoms with Gasteiger partial charge in [-0.05, 0) is 31.6 Å². The number of rotatable bonds is 9. The topological polar surface area (TPSA) is 143 Å². The van der Waals surface area contributed by atoms with Crippen LogP contribution in [0.5, 0.6) is 0 Å². The second-order valence-electron chi connectivity index (χ2n) is 10.3. The van der Waals surface area contributed by atoms with Crippen LogP contribution < -0.4 is 5.32 Å². The molecular formula is C30H47N3O8S. The van der Waals surface area contributed by atoms with Crippen LogP contribution in [0.2, 0.25) is 0 Å². The van der Waals surface area contributed by atoms with Gasteiger partial charge < -0.3 is 14.7 Å². The smallest absolute Gasteiger partial charge is 0.336 e. The van der Waals surface area contributed by atoms with Gasteiger partial charge in [-0.25, -0.2) is 4.79 Å². The molecule has 0 aromatic rings. The number of aliphatic hydroxyl groups is 1. The molecule has 12 heteroatoms. The van der Waals surface area contributed by atoms with Gasteiger partial charge in [-0.3, -0.25) is 29.4 Å². The Morgan fingerprint density at radius 3 is 2.10 bits per heavy atom. The summed E-state index contributed by atoms with van der Waals surface area (Å²) in [5.41, 5.74) is -0.295. The van der Waals surface area contributed by atoms with Gasteiger partial charge in [0.2, 0.25) is 11.8 Å². The lowest BCUT2D eigenvalue weighted by atomic mass is 9.82. The predicted octanol–water partition coefficient (Wildman–Crippen LogP) is 3.16. The van der Waals surface area contributed by atoms with E-state index in [1.807, 2.05) is 0 Å². The van der Waals surface area contributed by atoms with Gasteiger partial charge in [0.05, 0.1) is 17.8 Å². The molecule has 11 nitrogen and oxygen atoms in total. The Kier molecular flexibility index (Phi) is 18.0. The molecule has 0 spiro atoms. The van der Waals surface area contributed by atoms with Crippen molar-refractivity contribution in [3.63, 3.8) is 0 Å². The van der Waals surface area contributed by atoms with Crippen molar-refractivity contribution < 1.29 is 38.7 Å². The van der Waals surface area contributed by atoms with E-state index in [1.54, 1.807) is 0 Å². The van der Waals surface area contributed by atoms with Crippen LogP contribution >= 0.6 is 11.8 Å². The predicted molar refractivity (Wildman–Crippen MR) is 160 cm³/mol. The summed E-state index contributed by atoms with van der Waals surface area (Å²) in [6.07, 6.45) is 15.4. The molecular weight excluding hydrogens is 562 g/mol. The van der Waals surface area contributed by atoms with Crippen molar-refractivity contribution in [2.75, 3.05) is 19.7 Å². The number of aliphatic hydroxyl groups excluding tert-OH is 1. The third kappa shape index (κ3) is 11.5. The van der Waals surface area contributed by atoms with Crippen LogP contribution in [0, 0.1) is 24.7 Å². The number of nitrogens with one attached hydrogen (secondary N) is 1. The zero-order valence-corrected chi connectivity index (χ0v) is 25.8. The molecule has 3 aliphatic heterocycles. The van der Waals surface area contributed by atoms with Gasteiger partial charge in [-0.15, -0.1) is 42.8 Å². The van der Waals surface area contributed by atoms with Crippen molar-refractivity contribution in [3.8, 4) is 12.8 Å². The van der Waals surface area contributed by atoms with E-state index < -0.39 is 35.2 Å². The molecule has 1 aliphatic carbocycles. The number of terminal acetylenes is 1. The Labute approximate surface area is 254 Å². The maximum Gasteiger partial charge on any atom is 0.336 e. The van der Waals surface area contributed by atoms with Crippen LogP contribution in [-0.2, 0) is 33.5 Å². The molecule has 0 aromatic heterocycles. The van der Waals surface area contributed by atoms with Crippen molar-refractivity contribution >= 4 is 41.4 Å². The van der Waals surface area contributed by atoms with E-state index in [9.17, 15) is 29.1 Å². The van der Waals surface area contributed by atoms with Gasteiger partial charge in [-0.1, -0.05) is 39.5 Å². The first kappa shape index (κ1) is 37.3. The van der Waals surface area contributed by atoms with E-state index in [0.717, 1.165) is 0 Å². The standard InChI is InChI=1S/C20H27N3O8S.C6H14.C2H4.C2H2/c24-14-10-30-18(8-21-14)32-13-7-17(27)22(19(13)28)9-11-1-3-12(4-2-11)20(29)31-23-15(25)5-6-16(23)26;1-3-5-6-4-2;2*1-2/h11-14,18,21,24H,1-10H2;3-6H2,1-2H3;1-2H2;1-2H/t11?,12?,13?,14-,18?;;;/m1.../s1. The van der Waals surface area contributed by atoms with E-state index in [2.05, 4.69) is 45.2 Å². The number of ether oxygens (including phenoxy) is 1. The second kappa shape index (κ2) is 20.2. The fraction of sp³-hybridized carbons (Fsp3) is 0.700. The van der Waals surface area contributed by atoms with Crippen LogP contribution in [0.3, 0.4) is 0 Å². The Balaban J connectivity index is 0.000000775. The number of carbonyl (C=O) groups is 5. The number of thioether (sulfide) groups is 1. The third-order valence-corrected chi connectivity index (χ3v) is 8.55. The van der Waals surface area contributed by atoms with E-state index >= 15 is 0 Å². The zero-order valence-electron chi connectivity index (χ0n) is 25.0. The third-order valence-electron chi connectivity index (χ3n) is 7.24. The Morgan fingerprint density at radius 2 is 1.60 bits per heavy atom. The molecule has 4 amide bonds. The number of hydroxylamine groups is 2. The van der Waals surface area contributed by atoms with Crippen molar-refractivity contribution in [1.82, 2.24) is 15.3 Å². The number of likely N-dealkylation sites (tertiary alicyclic amines) is 1. The first-order valence-electron chi connectivity index (χ1n) is 14.7. The molecule has 0 radical (unpaired) electrons. The summed E-state index contributed by atoms with van der Waals surface area (Å²) in [5, 5.41) is 12.4. The summed E-state index contributed by atoms with van der Waals surface area (Å²) in [6, 6.07) is 0. The molecule has 236 valence electrons. The minimum atomic E-state index is -0.715. The summed E-state index contributed by atoms with van der Waals surface area (Å²) in [4.78, 5) is 67.1. The minimum absolute atomic E-state index is 0.0569. The minimum Gasteiger partial charge on any atom is -0.376 e. The molecule has 3 heterocycles. The van der Waals surface area contributed by atoms with Crippen molar-refractivity contribution in [2.24, 2.45) is 11.8 Å². The first-order chi connectivity index (χ1) is 20.2. The molecule has 2 unspecified atom stereocenters. The Bertz CT molecular complexity index is 893. The summed E-state index contributed by atoms with van der Waals surface area (Å²) in [7, 11) is 0.